The number of ether oxygens (including phenoxy) is 1. The van der Waals surface area contributed by atoms with E-state index in [9.17, 15) is 14.4 Å². The number of amides is 2. The van der Waals surface area contributed by atoms with Gasteiger partial charge in [0.1, 0.15) is 12.4 Å². The first-order valence-electron chi connectivity index (χ1n) is 10.6. The first-order chi connectivity index (χ1) is 16.9. The van der Waals surface area contributed by atoms with Gasteiger partial charge in [0.05, 0.1) is 0 Å². The van der Waals surface area contributed by atoms with Crippen LogP contribution in [-0.2, 0) is 11.8 Å². The minimum absolute atomic E-state index is 0.0800. The van der Waals surface area contributed by atoms with E-state index in [0.29, 0.717) is 0 Å². The summed E-state index contributed by atoms with van der Waals surface area (Å²) in [5.41, 5.74) is 4.05. The number of benzene rings is 2. The van der Waals surface area contributed by atoms with Crippen LogP contribution in [0.15, 0.2) is 65.2 Å². The summed E-state index contributed by atoms with van der Waals surface area (Å²) in [5, 5.41) is 21.3. The third-order valence-corrected chi connectivity index (χ3v) is 5.65. The summed E-state index contributed by atoms with van der Waals surface area (Å²) >= 11 is 0. The standard InChI is InChI=1S/C24H19N5O6/c1-29-20(10-19(27-29)23(31)32)25-22(30)18-11-21(35-28-18)26-24(33)34-12-17-15-8-4-2-6-13(15)14-7-3-5-9-16(14)17/h2-11,17H,12H2,1H3,(H,25,30)(H,26,33)(H,31,32). The lowest BCUT2D eigenvalue weighted by Crippen LogP contribution is -2.17. The molecule has 2 heterocycles. The van der Waals surface area contributed by atoms with Gasteiger partial charge in [0.15, 0.2) is 11.4 Å². The van der Waals surface area contributed by atoms with E-state index >= 15 is 0 Å². The lowest BCUT2D eigenvalue weighted by atomic mass is 9.98. The second kappa shape index (κ2) is 8.78. The number of carboxylic acid groups (broad SMARTS) is 1. The summed E-state index contributed by atoms with van der Waals surface area (Å²) in [6, 6.07) is 18.4. The van der Waals surface area contributed by atoms with Crippen molar-refractivity contribution in [1.82, 2.24) is 14.9 Å². The van der Waals surface area contributed by atoms with Gasteiger partial charge in [-0.15, -0.1) is 0 Å². The van der Waals surface area contributed by atoms with Crippen molar-refractivity contribution in [1.29, 1.82) is 0 Å². The van der Waals surface area contributed by atoms with E-state index in [1.54, 1.807) is 0 Å². The molecule has 1 aliphatic carbocycles. The Kier molecular flexibility index (Phi) is 5.49. The lowest BCUT2D eigenvalue weighted by molar-refractivity contribution is 0.0689. The molecular weight excluding hydrogens is 454 g/mol. The quantitative estimate of drug-likeness (QED) is 0.384. The summed E-state index contributed by atoms with van der Waals surface area (Å²) in [6.45, 7) is 0.119. The Balaban J connectivity index is 1.21. The average Bonchev–Trinajstić information content (AvgIpc) is 3.54. The maximum Gasteiger partial charge on any atom is 0.414 e. The predicted octanol–water partition coefficient (Wildman–Crippen LogP) is 3.72. The smallest absolute Gasteiger partial charge is 0.414 e. The summed E-state index contributed by atoms with van der Waals surface area (Å²) in [7, 11) is 1.48. The van der Waals surface area contributed by atoms with Gasteiger partial charge in [-0.25, -0.2) is 9.59 Å². The van der Waals surface area contributed by atoms with E-state index in [1.807, 2.05) is 48.5 Å². The van der Waals surface area contributed by atoms with Crippen LogP contribution in [-0.4, -0.2) is 44.6 Å². The van der Waals surface area contributed by atoms with Crippen LogP contribution in [0, 0.1) is 0 Å². The molecule has 4 aromatic rings. The molecule has 0 unspecified atom stereocenters. The fourth-order valence-corrected chi connectivity index (χ4v) is 4.05. The molecule has 3 N–H and O–H groups in total. The van der Waals surface area contributed by atoms with Crippen molar-refractivity contribution in [3.05, 3.63) is 83.2 Å². The number of carbonyl (C=O) groups excluding carboxylic acids is 2. The molecule has 0 spiro atoms. The molecule has 0 saturated heterocycles. The molecule has 0 saturated carbocycles. The fraction of sp³-hybridized carbons (Fsp3) is 0.125. The van der Waals surface area contributed by atoms with Gasteiger partial charge in [0.25, 0.3) is 5.91 Å². The van der Waals surface area contributed by atoms with E-state index in [-0.39, 0.29) is 35.6 Å². The highest BCUT2D eigenvalue weighted by Crippen LogP contribution is 2.44. The zero-order valence-electron chi connectivity index (χ0n) is 18.4. The Morgan fingerprint density at radius 1 is 1.00 bits per heavy atom. The Labute approximate surface area is 198 Å². The number of nitrogens with one attached hydrogen (secondary N) is 2. The van der Waals surface area contributed by atoms with Crippen LogP contribution in [0.4, 0.5) is 16.5 Å². The number of aromatic carboxylic acids is 1. The summed E-state index contributed by atoms with van der Waals surface area (Å²) in [6.07, 6.45) is -0.757. The van der Waals surface area contributed by atoms with E-state index < -0.39 is 18.0 Å². The topological polar surface area (TPSA) is 149 Å². The Bertz CT molecular complexity index is 1410. The van der Waals surface area contributed by atoms with Gasteiger partial charge < -0.3 is 19.7 Å². The number of carboxylic acids is 1. The van der Waals surface area contributed by atoms with Crippen LogP contribution in [0.2, 0.25) is 0 Å². The normalized spacial score (nSPS) is 12.0. The molecule has 1 aliphatic rings. The molecule has 2 aromatic carbocycles. The molecular formula is C24H19N5O6. The summed E-state index contributed by atoms with van der Waals surface area (Å²) in [5.74, 6) is -1.92. The van der Waals surface area contributed by atoms with Crippen LogP contribution in [0.5, 0.6) is 0 Å². The number of aryl methyl sites for hydroxylation is 1. The molecule has 176 valence electrons. The van der Waals surface area contributed by atoms with Crippen LogP contribution >= 0.6 is 0 Å². The molecule has 0 bridgehead atoms. The maximum atomic E-state index is 12.4. The second-order valence-electron chi connectivity index (χ2n) is 7.82. The lowest BCUT2D eigenvalue weighted by Gasteiger charge is -2.13. The Morgan fingerprint density at radius 3 is 2.29 bits per heavy atom. The fourth-order valence-electron chi connectivity index (χ4n) is 4.05. The summed E-state index contributed by atoms with van der Waals surface area (Å²) in [4.78, 5) is 35.8. The molecule has 2 amide bonds. The van der Waals surface area contributed by atoms with Crippen LogP contribution < -0.4 is 10.6 Å². The third kappa shape index (κ3) is 4.22. The molecule has 5 rings (SSSR count). The predicted molar refractivity (Wildman–Crippen MR) is 123 cm³/mol. The number of fused-ring (bicyclic) bond motifs is 3. The zero-order chi connectivity index (χ0) is 24.5. The van der Waals surface area contributed by atoms with E-state index in [4.69, 9.17) is 14.4 Å². The van der Waals surface area contributed by atoms with E-state index in [2.05, 4.69) is 20.9 Å². The molecule has 0 aliphatic heterocycles. The van der Waals surface area contributed by atoms with Gasteiger partial charge >= 0.3 is 12.1 Å². The van der Waals surface area contributed by atoms with Crippen molar-refractivity contribution in [3.63, 3.8) is 0 Å². The molecule has 11 nitrogen and oxygen atoms in total. The molecule has 2 aromatic heterocycles. The van der Waals surface area contributed by atoms with Gasteiger partial charge in [-0.3, -0.25) is 14.8 Å². The second-order valence-corrected chi connectivity index (χ2v) is 7.82. The summed E-state index contributed by atoms with van der Waals surface area (Å²) < 4.78 is 11.7. The van der Waals surface area contributed by atoms with Gasteiger partial charge in [-0.2, -0.15) is 5.10 Å². The third-order valence-electron chi connectivity index (χ3n) is 5.65. The van der Waals surface area contributed by atoms with Crippen molar-refractivity contribution >= 4 is 29.7 Å². The number of rotatable bonds is 6. The van der Waals surface area contributed by atoms with Crippen molar-refractivity contribution in [2.45, 2.75) is 5.92 Å². The first-order valence-corrected chi connectivity index (χ1v) is 10.6. The molecule has 0 fully saturated rings. The minimum Gasteiger partial charge on any atom is -0.476 e. The van der Waals surface area contributed by atoms with E-state index in [1.165, 1.54) is 23.9 Å². The largest absolute Gasteiger partial charge is 0.476 e. The van der Waals surface area contributed by atoms with Gasteiger partial charge in [0, 0.05) is 25.1 Å². The Hall–Kier alpha value is -4.93. The van der Waals surface area contributed by atoms with E-state index in [0.717, 1.165) is 22.3 Å². The first kappa shape index (κ1) is 21.9. The van der Waals surface area contributed by atoms with Gasteiger partial charge in [0.2, 0.25) is 5.88 Å². The van der Waals surface area contributed by atoms with Gasteiger partial charge in [-0.05, 0) is 22.3 Å². The molecule has 0 atom stereocenters. The van der Waals surface area contributed by atoms with Crippen molar-refractivity contribution < 1.29 is 28.8 Å². The Morgan fingerprint density at radius 2 is 1.66 bits per heavy atom. The van der Waals surface area contributed by atoms with Crippen molar-refractivity contribution in [2.75, 3.05) is 17.2 Å². The highest BCUT2D eigenvalue weighted by atomic mass is 16.6. The van der Waals surface area contributed by atoms with Crippen LogP contribution in [0.3, 0.4) is 0 Å². The average molecular weight is 473 g/mol. The number of hydrogen-bond acceptors (Lipinski definition) is 7. The molecule has 11 heteroatoms. The number of nitrogens with zero attached hydrogens (tertiary/aromatic N) is 3. The minimum atomic E-state index is -1.22. The SMILES string of the molecule is Cn1nc(C(=O)O)cc1NC(=O)c1cc(NC(=O)OCC2c3ccccc3-c3ccccc32)on1. The number of anilines is 2. The van der Waals surface area contributed by atoms with Crippen LogP contribution in [0.1, 0.15) is 38.0 Å². The number of aromatic nitrogens is 3. The zero-order valence-corrected chi connectivity index (χ0v) is 18.4. The van der Waals surface area contributed by atoms with Crippen molar-refractivity contribution in [2.24, 2.45) is 7.05 Å². The van der Waals surface area contributed by atoms with Crippen molar-refractivity contribution in [3.8, 4) is 11.1 Å². The molecule has 35 heavy (non-hydrogen) atoms. The van der Waals surface area contributed by atoms with Gasteiger partial charge in [-0.1, -0.05) is 53.7 Å². The highest BCUT2D eigenvalue weighted by Gasteiger charge is 2.29. The maximum absolute atomic E-state index is 12.4. The monoisotopic (exact) mass is 473 g/mol. The highest BCUT2D eigenvalue weighted by molar-refractivity contribution is 6.03. The number of carbonyl (C=O) groups is 3. The number of hydrogen-bond donors (Lipinski definition) is 3. The van der Waals surface area contributed by atoms with Crippen LogP contribution in [0.25, 0.3) is 11.1 Å². The molecule has 0 radical (unpaired) electrons.